The van der Waals surface area contributed by atoms with E-state index in [0.717, 1.165) is 38.5 Å². The molecule has 7 heteroatoms. The van der Waals surface area contributed by atoms with Gasteiger partial charge < -0.3 is 20.7 Å². The molecule has 162 valence electrons. The molecule has 2 aliphatic rings. The highest BCUT2D eigenvalue weighted by atomic mass is 16.6. The minimum atomic E-state index is -0.621. The average molecular weight is 406 g/mol. The Kier molecular flexibility index (Phi) is 8.73. The van der Waals surface area contributed by atoms with Gasteiger partial charge in [0.2, 0.25) is 11.8 Å². The maximum Gasteiger partial charge on any atom is 0.407 e. The molecular weight excluding hydrogens is 370 g/mol. The zero-order valence-corrected chi connectivity index (χ0v) is 17.8. The molecule has 3 amide bonds. The summed E-state index contributed by atoms with van der Waals surface area (Å²) in [6, 6.07) is -0.448. The van der Waals surface area contributed by atoms with Crippen LogP contribution < -0.4 is 16.0 Å². The predicted molar refractivity (Wildman–Crippen MR) is 112 cm³/mol. The van der Waals surface area contributed by atoms with Crippen molar-refractivity contribution in [2.75, 3.05) is 13.1 Å². The lowest BCUT2D eigenvalue weighted by Gasteiger charge is -2.26. The number of ether oxygens (including phenoxy) is 1. The van der Waals surface area contributed by atoms with E-state index >= 15 is 0 Å². The molecule has 0 radical (unpaired) electrons. The zero-order valence-electron chi connectivity index (χ0n) is 17.8. The summed E-state index contributed by atoms with van der Waals surface area (Å²) in [5.41, 5.74) is -0.621. The summed E-state index contributed by atoms with van der Waals surface area (Å²) in [4.78, 5) is 37.0. The number of amides is 3. The van der Waals surface area contributed by atoms with Crippen LogP contribution >= 0.6 is 0 Å². The van der Waals surface area contributed by atoms with Gasteiger partial charge in [-0.1, -0.05) is 24.3 Å². The van der Waals surface area contributed by atoms with Gasteiger partial charge in [0, 0.05) is 24.9 Å². The fourth-order valence-electron chi connectivity index (χ4n) is 3.45. The van der Waals surface area contributed by atoms with E-state index in [2.05, 4.69) is 28.1 Å². The lowest BCUT2D eigenvalue weighted by molar-refractivity contribution is -0.125. The largest absolute Gasteiger partial charge is 0.444 e. The number of alkyl carbamates (subject to hydrolysis) is 1. The predicted octanol–water partition coefficient (Wildman–Crippen LogP) is 2.82. The topological polar surface area (TPSA) is 96.5 Å². The van der Waals surface area contributed by atoms with Gasteiger partial charge in [-0.3, -0.25) is 9.59 Å². The Hall–Kier alpha value is -2.31. The van der Waals surface area contributed by atoms with E-state index in [9.17, 15) is 14.4 Å². The molecular formula is C22H35N3O4. The van der Waals surface area contributed by atoms with Crippen LogP contribution in [0, 0.1) is 11.8 Å². The molecule has 0 heterocycles. The fourth-order valence-corrected chi connectivity index (χ4v) is 3.45. The molecule has 0 aromatic heterocycles. The monoisotopic (exact) mass is 405 g/mol. The van der Waals surface area contributed by atoms with E-state index in [1.165, 1.54) is 0 Å². The van der Waals surface area contributed by atoms with E-state index in [1.807, 2.05) is 12.2 Å². The normalized spacial score (nSPS) is 21.5. The quantitative estimate of drug-likeness (QED) is 0.568. The minimum Gasteiger partial charge on any atom is -0.444 e. The van der Waals surface area contributed by atoms with Gasteiger partial charge in [-0.25, -0.2) is 4.79 Å². The summed E-state index contributed by atoms with van der Waals surface area (Å²) in [5, 5.41) is 8.61. The van der Waals surface area contributed by atoms with Crippen LogP contribution in [0.25, 0.3) is 0 Å². The standard InChI is InChI=1S/C22H35N3O4/c1-22(2,3)29-21(28)25-18(14-23-19(26)16-10-6-4-7-11-16)15-24-20(27)17-12-8-5-9-13-17/h4-6,8,16-18H,7,9-15H2,1-3H3,(H,23,26)(H,24,27)(H,25,28)/t16-,17-/m1/s1. The van der Waals surface area contributed by atoms with Crippen LogP contribution in [0.15, 0.2) is 24.3 Å². The third kappa shape index (κ3) is 8.71. The Morgan fingerprint density at radius 1 is 0.897 bits per heavy atom. The van der Waals surface area contributed by atoms with Crippen molar-refractivity contribution in [2.45, 2.75) is 70.9 Å². The van der Waals surface area contributed by atoms with Crippen molar-refractivity contribution in [3.8, 4) is 0 Å². The van der Waals surface area contributed by atoms with Gasteiger partial charge in [0.05, 0.1) is 6.04 Å². The van der Waals surface area contributed by atoms with Gasteiger partial charge in [-0.05, 0) is 59.3 Å². The number of hydrogen-bond acceptors (Lipinski definition) is 4. The first-order chi connectivity index (χ1) is 13.7. The van der Waals surface area contributed by atoms with Crippen molar-refractivity contribution < 1.29 is 19.1 Å². The molecule has 3 N–H and O–H groups in total. The highest BCUT2D eigenvalue weighted by Crippen LogP contribution is 2.19. The number of carbonyl (C=O) groups excluding carboxylic acids is 3. The SMILES string of the molecule is CC(C)(C)OC(=O)NC(CNC(=O)[C@@H]1CC=CCC1)CNC(=O)[C@@H]1CC=CCC1. The Morgan fingerprint density at radius 2 is 1.38 bits per heavy atom. The molecule has 0 unspecified atom stereocenters. The Labute approximate surface area is 173 Å². The van der Waals surface area contributed by atoms with Crippen molar-refractivity contribution in [1.29, 1.82) is 0 Å². The second-order valence-electron chi connectivity index (χ2n) is 8.80. The van der Waals surface area contributed by atoms with Crippen molar-refractivity contribution in [1.82, 2.24) is 16.0 Å². The first-order valence-electron chi connectivity index (χ1n) is 10.6. The molecule has 0 saturated heterocycles. The van der Waals surface area contributed by atoms with E-state index in [4.69, 9.17) is 4.74 Å². The molecule has 0 saturated carbocycles. The van der Waals surface area contributed by atoms with Crippen LogP contribution in [0.4, 0.5) is 4.79 Å². The molecule has 0 aromatic rings. The lowest BCUT2D eigenvalue weighted by Crippen LogP contribution is -2.52. The Balaban J connectivity index is 1.88. The van der Waals surface area contributed by atoms with Crippen molar-refractivity contribution in [3.05, 3.63) is 24.3 Å². The molecule has 2 rings (SSSR count). The van der Waals surface area contributed by atoms with Crippen LogP contribution in [-0.4, -0.2) is 42.6 Å². The number of allylic oxidation sites excluding steroid dienone is 4. The average Bonchev–Trinajstić information content (AvgIpc) is 2.69. The summed E-state index contributed by atoms with van der Waals surface area (Å²) < 4.78 is 5.32. The molecule has 0 spiro atoms. The molecule has 0 aromatic carbocycles. The Morgan fingerprint density at radius 3 is 1.76 bits per heavy atom. The maximum atomic E-state index is 12.4. The van der Waals surface area contributed by atoms with Gasteiger partial charge in [0.15, 0.2) is 0 Å². The van der Waals surface area contributed by atoms with Crippen LogP contribution in [-0.2, 0) is 14.3 Å². The lowest BCUT2D eigenvalue weighted by atomic mass is 9.93. The second kappa shape index (κ2) is 11.0. The summed E-state index contributed by atoms with van der Waals surface area (Å²) in [6.07, 6.45) is 12.6. The van der Waals surface area contributed by atoms with Crippen LogP contribution in [0.1, 0.15) is 59.3 Å². The number of hydrogen-bond donors (Lipinski definition) is 3. The fraction of sp³-hybridized carbons (Fsp3) is 0.682. The summed E-state index contributed by atoms with van der Waals surface area (Å²) in [5.74, 6) is -0.111. The van der Waals surface area contributed by atoms with Crippen molar-refractivity contribution in [3.63, 3.8) is 0 Å². The van der Waals surface area contributed by atoms with Crippen LogP contribution in [0.2, 0.25) is 0 Å². The smallest absolute Gasteiger partial charge is 0.407 e. The highest BCUT2D eigenvalue weighted by Gasteiger charge is 2.24. The van der Waals surface area contributed by atoms with E-state index in [1.54, 1.807) is 20.8 Å². The first kappa shape index (κ1) is 23.0. The second-order valence-corrected chi connectivity index (χ2v) is 8.80. The molecule has 0 fully saturated rings. The third-order valence-electron chi connectivity index (χ3n) is 5.05. The number of carbonyl (C=O) groups is 3. The van der Waals surface area contributed by atoms with E-state index in [-0.39, 0.29) is 36.7 Å². The summed E-state index contributed by atoms with van der Waals surface area (Å²) >= 11 is 0. The molecule has 2 atom stereocenters. The Bertz CT molecular complexity index is 596. The van der Waals surface area contributed by atoms with Gasteiger partial charge in [0.1, 0.15) is 5.60 Å². The molecule has 0 aliphatic heterocycles. The van der Waals surface area contributed by atoms with Crippen LogP contribution in [0.3, 0.4) is 0 Å². The summed E-state index contributed by atoms with van der Waals surface area (Å²) in [7, 11) is 0. The van der Waals surface area contributed by atoms with E-state index in [0.29, 0.717) is 0 Å². The number of rotatable bonds is 7. The first-order valence-corrected chi connectivity index (χ1v) is 10.6. The van der Waals surface area contributed by atoms with E-state index < -0.39 is 17.7 Å². The van der Waals surface area contributed by atoms with Crippen molar-refractivity contribution >= 4 is 17.9 Å². The van der Waals surface area contributed by atoms with Gasteiger partial charge in [-0.15, -0.1) is 0 Å². The number of nitrogens with one attached hydrogen (secondary N) is 3. The van der Waals surface area contributed by atoms with Gasteiger partial charge >= 0.3 is 6.09 Å². The van der Waals surface area contributed by atoms with Gasteiger partial charge in [0.25, 0.3) is 0 Å². The zero-order chi connectivity index (χ0) is 21.3. The van der Waals surface area contributed by atoms with Crippen LogP contribution in [0.5, 0.6) is 0 Å². The molecule has 2 aliphatic carbocycles. The highest BCUT2D eigenvalue weighted by molar-refractivity contribution is 5.80. The third-order valence-corrected chi connectivity index (χ3v) is 5.05. The van der Waals surface area contributed by atoms with Crippen molar-refractivity contribution in [2.24, 2.45) is 11.8 Å². The maximum absolute atomic E-state index is 12.4. The van der Waals surface area contributed by atoms with Gasteiger partial charge in [-0.2, -0.15) is 0 Å². The minimum absolute atomic E-state index is 0.0194. The molecule has 0 bridgehead atoms. The summed E-state index contributed by atoms with van der Waals surface area (Å²) in [6.45, 7) is 5.85. The molecule has 7 nitrogen and oxygen atoms in total. The molecule has 29 heavy (non-hydrogen) atoms.